The fourth-order valence-corrected chi connectivity index (χ4v) is 2.47. The van der Waals surface area contributed by atoms with E-state index < -0.39 is 0 Å². The molecule has 0 saturated carbocycles. The first kappa shape index (κ1) is 14.2. The van der Waals surface area contributed by atoms with Crippen molar-refractivity contribution in [2.75, 3.05) is 6.54 Å². The zero-order chi connectivity index (χ0) is 12.7. The molecule has 1 aromatic rings. The molecule has 1 unspecified atom stereocenters. The molecule has 1 aromatic heterocycles. The van der Waals surface area contributed by atoms with Crippen LogP contribution in [0.5, 0.6) is 0 Å². The lowest BCUT2D eigenvalue weighted by molar-refractivity contribution is -0.121. The van der Waals surface area contributed by atoms with Crippen LogP contribution in [0, 0.1) is 0 Å². The highest BCUT2D eigenvalue weighted by atomic mass is 32.1. The molecule has 0 aliphatic carbocycles. The molecule has 1 rings (SSSR count). The minimum atomic E-state index is 0.124. The van der Waals surface area contributed by atoms with Crippen LogP contribution in [0.25, 0.3) is 0 Å². The fraction of sp³-hybridized carbons (Fsp3) is 0.615. The summed E-state index contributed by atoms with van der Waals surface area (Å²) in [7, 11) is 0. The van der Waals surface area contributed by atoms with Crippen molar-refractivity contribution in [3.8, 4) is 0 Å². The second-order valence-electron chi connectivity index (χ2n) is 4.40. The fourth-order valence-electron chi connectivity index (χ4n) is 1.60. The summed E-state index contributed by atoms with van der Waals surface area (Å²) >= 11 is 1.70. The summed E-state index contributed by atoms with van der Waals surface area (Å²) in [6.45, 7) is 7.00. The van der Waals surface area contributed by atoms with Gasteiger partial charge >= 0.3 is 0 Å². The Morgan fingerprint density at radius 1 is 1.47 bits per heavy atom. The second kappa shape index (κ2) is 7.45. The molecule has 3 nitrogen and oxygen atoms in total. The molecule has 0 aromatic carbocycles. The third-order valence-corrected chi connectivity index (χ3v) is 3.52. The maximum atomic E-state index is 11.7. The molecule has 0 aliphatic heterocycles. The van der Waals surface area contributed by atoms with E-state index in [-0.39, 0.29) is 11.9 Å². The number of rotatable bonds is 7. The Morgan fingerprint density at radius 3 is 2.76 bits per heavy atom. The first-order valence-corrected chi connectivity index (χ1v) is 7.07. The van der Waals surface area contributed by atoms with E-state index in [1.165, 1.54) is 4.88 Å². The third kappa shape index (κ3) is 5.33. The lowest BCUT2D eigenvalue weighted by Gasteiger charge is -2.16. The average molecular weight is 254 g/mol. The SMILES string of the molecule is CCC(NC(=O)CCNC(C)C)c1cccs1. The van der Waals surface area contributed by atoms with Crippen LogP contribution in [-0.2, 0) is 4.79 Å². The molecule has 0 saturated heterocycles. The Hall–Kier alpha value is -0.870. The first-order valence-electron chi connectivity index (χ1n) is 6.19. The second-order valence-corrected chi connectivity index (χ2v) is 5.38. The Kier molecular flexibility index (Phi) is 6.22. The van der Waals surface area contributed by atoms with Gasteiger partial charge in [-0.1, -0.05) is 26.8 Å². The molecule has 1 atom stereocenters. The van der Waals surface area contributed by atoms with Crippen molar-refractivity contribution in [2.45, 2.75) is 45.7 Å². The van der Waals surface area contributed by atoms with E-state index in [1.54, 1.807) is 11.3 Å². The quantitative estimate of drug-likeness (QED) is 0.785. The molecule has 17 heavy (non-hydrogen) atoms. The summed E-state index contributed by atoms with van der Waals surface area (Å²) in [6, 6.07) is 4.70. The molecule has 96 valence electrons. The molecular weight excluding hydrogens is 232 g/mol. The van der Waals surface area contributed by atoms with Gasteiger partial charge in [0.15, 0.2) is 0 Å². The topological polar surface area (TPSA) is 41.1 Å². The van der Waals surface area contributed by atoms with Gasteiger partial charge in [-0.25, -0.2) is 0 Å². The summed E-state index contributed by atoms with van der Waals surface area (Å²) in [5.41, 5.74) is 0. The van der Waals surface area contributed by atoms with E-state index >= 15 is 0 Å². The Morgan fingerprint density at radius 2 is 2.24 bits per heavy atom. The van der Waals surface area contributed by atoms with E-state index in [0.29, 0.717) is 12.5 Å². The zero-order valence-corrected chi connectivity index (χ0v) is 11.6. The van der Waals surface area contributed by atoms with Gasteiger partial charge in [-0.15, -0.1) is 11.3 Å². The van der Waals surface area contributed by atoms with Crippen molar-refractivity contribution in [1.82, 2.24) is 10.6 Å². The predicted molar refractivity (Wildman–Crippen MR) is 73.2 cm³/mol. The summed E-state index contributed by atoms with van der Waals surface area (Å²) in [5.74, 6) is 0.124. The van der Waals surface area contributed by atoms with E-state index in [0.717, 1.165) is 13.0 Å². The van der Waals surface area contributed by atoms with Crippen LogP contribution >= 0.6 is 11.3 Å². The first-order chi connectivity index (χ1) is 8.13. The standard InChI is InChI=1S/C13H22N2OS/c1-4-11(12-6-5-9-17-12)15-13(16)7-8-14-10(2)3/h5-6,9-11,14H,4,7-8H2,1-3H3,(H,15,16). The lowest BCUT2D eigenvalue weighted by Crippen LogP contribution is -2.32. The van der Waals surface area contributed by atoms with Gasteiger partial charge in [-0.05, 0) is 17.9 Å². The van der Waals surface area contributed by atoms with E-state index in [1.807, 2.05) is 11.4 Å². The summed E-state index contributed by atoms with van der Waals surface area (Å²) < 4.78 is 0. The van der Waals surface area contributed by atoms with Crippen LogP contribution in [-0.4, -0.2) is 18.5 Å². The highest BCUT2D eigenvalue weighted by molar-refractivity contribution is 7.10. The van der Waals surface area contributed by atoms with Gasteiger partial charge in [0.05, 0.1) is 6.04 Å². The van der Waals surface area contributed by atoms with Gasteiger partial charge < -0.3 is 10.6 Å². The number of hydrogen-bond acceptors (Lipinski definition) is 3. The van der Waals surface area contributed by atoms with Crippen LogP contribution in [0.3, 0.4) is 0 Å². The molecule has 0 spiro atoms. The van der Waals surface area contributed by atoms with Crippen molar-refractivity contribution >= 4 is 17.2 Å². The number of nitrogens with one attached hydrogen (secondary N) is 2. The Bertz CT molecular complexity index is 322. The van der Waals surface area contributed by atoms with Crippen LogP contribution < -0.4 is 10.6 Å². The molecule has 0 bridgehead atoms. The summed E-state index contributed by atoms with van der Waals surface area (Å²) in [5, 5.41) is 8.36. The van der Waals surface area contributed by atoms with Gasteiger partial charge in [-0.3, -0.25) is 4.79 Å². The highest BCUT2D eigenvalue weighted by Gasteiger charge is 2.12. The number of carbonyl (C=O) groups is 1. The Balaban J connectivity index is 2.33. The number of carbonyl (C=O) groups excluding carboxylic acids is 1. The Labute approximate surface area is 108 Å². The molecular formula is C13H22N2OS. The maximum absolute atomic E-state index is 11.7. The van der Waals surface area contributed by atoms with Gasteiger partial charge in [0, 0.05) is 23.9 Å². The molecule has 0 fully saturated rings. The number of hydrogen-bond donors (Lipinski definition) is 2. The third-order valence-electron chi connectivity index (χ3n) is 2.53. The van der Waals surface area contributed by atoms with Gasteiger partial charge in [0.1, 0.15) is 0 Å². The zero-order valence-electron chi connectivity index (χ0n) is 10.8. The predicted octanol–water partition coefficient (Wildman–Crippen LogP) is 2.70. The highest BCUT2D eigenvalue weighted by Crippen LogP contribution is 2.21. The monoisotopic (exact) mass is 254 g/mol. The molecule has 1 heterocycles. The van der Waals surface area contributed by atoms with E-state index in [4.69, 9.17) is 0 Å². The van der Waals surface area contributed by atoms with Crippen molar-refractivity contribution in [3.05, 3.63) is 22.4 Å². The van der Waals surface area contributed by atoms with Crippen LogP contribution in [0.1, 0.15) is 44.5 Å². The summed E-state index contributed by atoms with van der Waals surface area (Å²) in [6.07, 6.45) is 1.48. The van der Waals surface area contributed by atoms with E-state index in [9.17, 15) is 4.79 Å². The van der Waals surface area contributed by atoms with Crippen LogP contribution in [0.15, 0.2) is 17.5 Å². The molecule has 4 heteroatoms. The van der Waals surface area contributed by atoms with Gasteiger partial charge in [0.2, 0.25) is 5.91 Å². The van der Waals surface area contributed by atoms with Gasteiger partial charge in [-0.2, -0.15) is 0 Å². The number of thiophene rings is 1. The molecule has 2 N–H and O–H groups in total. The largest absolute Gasteiger partial charge is 0.348 e. The van der Waals surface area contributed by atoms with Crippen LogP contribution in [0.4, 0.5) is 0 Å². The van der Waals surface area contributed by atoms with E-state index in [2.05, 4.69) is 37.5 Å². The molecule has 0 aliphatic rings. The van der Waals surface area contributed by atoms with Crippen molar-refractivity contribution in [3.63, 3.8) is 0 Å². The maximum Gasteiger partial charge on any atom is 0.221 e. The average Bonchev–Trinajstić information content (AvgIpc) is 2.78. The van der Waals surface area contributed by atoms with Crippen LogP contribution in [0.2, 0.25) is 0 Å². The lowest BCUT2D eigenvalue weighted by atomic mass is 10.2. The van der Waals surface area contributed by atoms with Crippen molar-refractivity contribution in [1.29, 1.82) is 0 Å². The normalized spacial score (nSPS) is 12.7. The molecule has 0 radical (unpaired) electrons. The molecule has 1 amide bonds. The minimum absolute atomic E-state index is 0.124. The van der Waals surface area contributed by atoms with Crippen molar-refractivity contribution in [2.24, 2.45) is 0 Å². The van der Waals surface area contributed by atoms with Gasteiger partial charge in [0.25, 0.3) is 0 Å². The number of amides is 1. The summed E-state index contributed by atoms with van der Waals surface area (Å²) in [4.78, 5) is 13.0. The minimum Gasteiger partial charge on any atom is -0.348 e. The van der Waals surface area contributed by atoms with Crippen molar-refractivity contribution < 1.29 is 4.79 Å². The smallest absolute Gasteiger partial charge is 0.221 e.